The van der Waals surface area contributed by atoms with Crippen molar-refractivity contribution in [2.75, 3.05) is 5.75 Å². The lowest BCUT2D eigenvalue weighted by atomic mass is 10.0. The van der Waals surface area contributed by atoms with E-state index in [1.807, 2.05) is 0 Å². The van der Waals surface area contributed by atoms with Gasteiger partial charge in [0.2, 0.25) is 5.91 Å². The lowest BCUT2D eigenvalue weighted by molar-refractivity contribution is -0.150. The molecule has 2 amide bonds. The smallest absolute Gasteiger partial charge is 0.353 e. The number of nitrogens with zero attached hydrogens (tertiary/aromatic N) is 7. The zero-order chi connectivity index (χ0) is 18.3. The van der Waals surface area contributed by atoms with Gasteiger partial charge in [-0.1, -0.05) is 0 Å². The number of hydrogen-bond acceptors (Lipinski definition) is 10. The van der Waals surface area contributed by atoms with Gasteiger partial charge in [-0.2, -0.15) is 0 Å². The van der Waals surface area contributed by atoms with Crippen molar-refractivity contribution in [2.24, 2.45) is 0 Å². The second kappa shape index (κ2) is 6.45. The maximum Gasteiger partial charge on any atom is 0.353 e. The fourth-order valence-corrected chi connectivity index (χ4v) is 4.74. The number of nitrogens with one attached hydrogen (secondary N) is 1. The molecule has 4 heterocycles. The minimum Gasteiger partial charge on any atom is -0.477 e. The topological polar surface area (TPSA) is 156 Å². The molecule has 2 aliphatic heterocycles. The minimum absolute atomic E-state index is 0.110. The Labute approximate surface area is 153 Å². The van der Waals surface area contributed by atoms with Gasteiger partial charge in [0.25, 0.3) is 5.91 Å². The molecule has 0 aromatic carbocycles. The monoisotopic (exact) mass is 394 g/mol. The summed E-state index contributed by atoms with van der Waals surface area (Å²) < 4.78 is 1.22. The van der Waals surface area contributed by atoms with Gasteiger partial charge in [-0.05, 0) is 10.4 Å². The van der Waals surface area contributed by atoms with Crippen LogP contribution in [0.25, 0.3) is 5.57 Å². The zero-order valence-corrected chi connectivity index (χ0v) is 14.5. The number of tetrazole rings is 1. The van der Waals surface area contributed by atoms with Crippen LogP contribution >= 0.6 is 23.1 Å². The summed E-state index contributed by atoms with van der Waals surface area (Å²) in [6.07, 6.45) is 1.28. The van der Waals surface area contributed by atoms with Gasteiger partial charge in [-0.3, -0.25) is 14.5 Å². The molecule has 2 atom stereocenters. The molecule has 2 aromatic rings. The second-order valence-corrected chi connectivity index (χ2v) is 7.28. The number of hydrogen-bond donors (Lipinski definition) is 2. The molecule has 1 saturated heterocycles. The Morgan fingerprint density at radius 2 is 2.23 bits per heavy atom. The first-order valence-corrected chi connectivity index (χ1v) is 9.17. The van der Waals surface area contributed by atoms with E-state index in [4.69, 9.17) is 0 Å². The standard InChI is InChI=1S/C12H10N8O4S2/c21-6(1-19-3-13-17-18-19)15-7-10(22)20-8(12(23)24)5(2-25-11(7)20)9-16-14-4-26-9/h3-4,7,11H,1-2H2,(H,15,21)(H,23,24)/t7?,11-/m0/s1. The van der Waals surface area contributed by atoms with E-state index < -0.39 is 29.2 Å². The third kappa shape index (κ3) is 2.72. The molecule has 1 fully saturated rings. The van der Waals surface area contributed by atoms with Crippen LogP contribution in [0.1, 0.15) is 5.01 Å². The number of rotatable bonds is 5. The molecule has 2 aliphatic rings. The van der Waals surface area contributed by atoms with E-state index in [0.717, 1.165) is 0 Å². The molecule has 0 bridgehead atoms. The number of fused-ring (bicyclic) bond motifs is 1. The van der Waals surface area contributed by atoms with Gasteiger partial charge in [0.15, 0.2) is 0 Å². The largest absolute Gasteiger partial charge is 0.477 e. The predicted molar refractivity (Wildman–Crippen MR) is 87.3 cm³/mol. The summed E-state index contributed by atoms with van der Waals surface area (Å²) in [5.74, 6) is -1.78. The van der Waals surface area contributed by atoms with Crippen molar-refractivity contribution in [1.82, 2.24) is 40.6 Å². The number of carbonyl (C=O) groups excluding carboxylic acids is 2. The minimum atomic E-state index is -1.22. The van der Waals surface area contributed by atoms with Gasteiger partial charge < -0.3 is 10.4 Å². The van der Waals surface area contributed by atoms with Crippen LogP contribution in [0.5, 0.6) is 0 Å². The van der Waals surface area contributed by atoms with Gasteiger partial charge in [0.05, 0.1) is 0 Å². The fraction of sp³-hybridized carbons (Fsp3) is 0.333. The van der Waals surface area contributed by atoms with E-state index in [2.05, 4.69) is 31.0 Å². The number of β-lactam (4-membered cyclic amide) rings is 1. The van der Waals surface area contributed by atoms with Crippen LogP contribution in [0.2, 0.25) is 0 Å². The summed E-state index contributed by atoms with van der Waals surface area (Å²) in [6.45, 7) is -0.133. The van der Waals surface area contributed by atoms with Crippen LogP contribution in [-0.4, -0.2) is 75.4 Å². The summed E-state index contributed by atoms with van der Waals surface area (Å²) in [5.41, 5.74) is 1.84. The average molecular weight is 394 g/mol. The first-order valence-electron chi connectivity index (χ1n) is 7.24. The average Bonchev–Trinajstić information content (AvgIpc) is 3.32. The van der Waals surface area contributed by atoms with Crippen molar-refractivity contribution >= 4 is 46.5 Å². The number of amides is 2. The third-order valence-corrected chi connectivity index (χ3v) is 5.83. The molecule has 12 nitrogen and oxygen atoms in total. The predicted octanol–water partition coefficient (Wildman–Crippen LogP) is -1.58. The molecule has 1 unspecified atom stereocenters. The molecule has 14 heteroatoms. The van der Waals surface area contributed by atoms with Gasteiger partial charge in [-0.25, -0.2) is 9.48 Å². The summed E-state index contributed by atoms with van der Waals surface area (Å²) >= 11 is 2.57. The summed E-state index contributed by atoms with van der Waals surface area (Å²) in [7, 11) is 0. The normalized spacial score (nSPS) is 22.0. The Balaban J connectivity index is 1.52. The molecule has 26 heavy (non-hydrogen) atoms. The zero-order valence-electron chi connectivity index (χ0n) is 12.8. The van der Waals surface area contributed by atoms with E-state index in [-0.39, 0.29) is 12.2 Å². The highest BCUT2D eigenvalue weighted by Crippen LogP contribution is 2.43. The Hall–Kier alpha value is -2.87. The molecule has 0 radical (unpaired) electrons. The number of aliphatic carboxylic acids is 1. The molecule has 0 aliphatic carbocycles. The highest BCUT2D eigenvalue weighted by atomic mass is 32.2. The number of thioether (sulfide) groups is 1. The lowest BCUT2D eigenvalue weighted by Gasteiger charge is -2.49. The van der Waals surface area contributed by atoms with Gasteiger partial charge in [0.1, 0.15) is 40.5 Å². The fourth-order valence-electron chi connectivity index (χ4n) is 2.71. The maximum absolute atomic E-state index is 12.5. The van der Waals surface area contributed by atoms with Gasteiger partial charge >= 0.3 is 5.97 Å². The molecule has 2 aromatic heterocycles. The van der Waals surface area contributed by atoms with E-state index in [0.29, 0.717) is 16.3 Å². The maximum atomic E-state index is 12.5. The Kier molecular flexibility index (Phi) is 4.12. The summed E-state index contributed by atoms with van der Waals surface area (Å²) in [6, 6.07) is -0.797. The van der Waals surface area contributed by atoms with Crippen LogP contribution in [0.3, 0.4) is 0 Å². The van der Waals surface area contributed by atoms with Crippen LogP contribution in [0, 0.1) is 0 Å². The van der Waals surface area contributed by atoms with E-state index >= 15 is 0 Å². The van der Waals surface area contributed by atoms with Crippen molar-refractivity contribution in [3.05, 3.63) is 22.5 Å². The number of carboxylic acids is 1. The van der Waals surface area contributed by atoms with Crippen molar-refractivity contribution in [3.8, 4) is 0 Å². The van der Waals surface area contributed by atoms with Crippen LogP contribution in [0.15, 0.2) is 17.5 Å². The van der Waals surface area contributed by atoms with Crippen LogP contribution < -0.4 is 5.32 Å². The number of carboxylic acid groups (broad SMARTS) is 1. The van der Waals surface area contributed by atoms with Crippen LogP contribution in [-0.2, 0) is 20.9 Å². The van der Waals surface area contributed by atoms with Gasteiger partial charge in [0, 0.05) is 11.3 Å². The number of carbonyl (C=O) groups is 3. The highest BCUT2D eigenvalue weighted by molar-refractivity contribution is 8.00. The van der Waals surface area contributed by atoms with Crippen molar-refractivity contribution in [2.45, 2.75) is 18.0 Å². The van der Waals surface area contributed by atoms with Crippen molar-refractivity contribution in [1.29, 1.82) is 0 Å². The summed E-state index contributed by atoms with van der Waals surface area (Å²) in [4.78, 5) is 37.4. The molecular weight excluding hydrogens is 384 g/mol. The highest BCUT2D eigenvalue weighted by Gasteiger charge is 2.54. The van der Waals surface area contributed by atoms with Gasteiger partial charge in [-0.15, -0.1) is 38.4 Å². The Morgan fingerprint density at radius 3 is 2.88 bits per heavy atom. The first kappa shape index (κ1) is 16.6. The third-order valence-electron chi connectivity index (χ3n) is 3.80. The molecule has 4 rings (SSSR count). The van der Waals surface area contributed by atoms with E-state index in [9.17, 15) is 19.5 Å². The number of aromatic nitrogens is 6. The molecule has 0 saturated carbocycles. The van der Waals surface area contributed by atoms with Crippen molar-refractivity contribution < 1.29 is 19.5 Å². The first-order chi connectivity index (χ1) is 12.6. The van der Waals surface area contributed by atoms with Crippen molar-refractivity contribution in [3.63, 3.8) is 0 Å². The Bertz CT molecular complexity index is 896. The Morgan fingerprint density at radius 1 is 1.38 bits per heavy atom. The van der Waals surface area contributed by atoms with Crippen LogP contribution in [0.4, 0.5) is 0 Å². The quantitative estimate of drug-likeness (QED) is 0.567. The summed E-state index contributed by atoms with van der Waals surface area (Å²) in [5, 5.41) is 30.2. The molecule has 2 N–H and O–H groups in total. The van der Waals surface area contributed by atoms with E-state index in [1.54, 1.807) is 0 Å². The SMILES string of the molecule is O=C(Cn1cnnn1)NC1C(=O)N2C(C(=O)O)=C(c3nncs3)CS[C@@H]12. The van der Waals surface area contributed by atoms with E-state index in [1.165, 1.54) is 44.5 Å². The molecule has 0 spiro atoms. The second-order valence-electron chi connectivity index (χ2n) is 5.34. The lowest BCUT2D eigenvalue weighted by Crippen LogP contribution is -2.70. The molecule has 134 valence electrons. The molecular formula is C12H10N8O4S2.